The van der Waals surface area contributed by atoms with Gasteiger partial charge in [0.1, 0.15) is 0 Å². The number of hydrogen-bond donors (Lipinski definition) is 0. The van der Waals surface area contributed by atoms with Crippen LogP contribution in [0.2, 0.25) is 0 Å². The molecule has 0 unspecified atom stereocenters. The van der Waals surface area contributed by atoms with Crippen LogP contribution in [0.4, 0.5) is 0 Å². The van der Waals surface area contributed by atoms with Crippen LogP contribution in [0.1, 0.15) is 36.1 Å². The van der Waals surface area contributed by atoms with Crippen LogP contribution in [0.15, 0.2) is 121 Å². The van der Waals surface area contributed by atoms with Crippen LogP contribution < -0.4 is 0 Å². The van der Waals surface area contributed by atoms with Crippen molar-refractivity contribution in [2.24, 2.45) is 0 Å². The van der Waals surface area contributed by atoms with Crippen molar-refractivity contribution in [2.75, 3.05) is 0 Å². The number of fused-ring (bicyclic) bond motifs is 6. The summed E-state index contributed by atoms with van der Waals surface area (Å²) in [5.41, 5.74) is 13.3. The molecular formula is C43H32. The molecule has 0 fully saturated rings. The first-order valence-corrected chi connectivity index (χ1v) is 15.4. The normalized spacial score (nSPS) is 13.8. The minimum atomic E-state index is -0.0878. The highest BCUT2D eigenvalue weighted by molar-refractivity contribution is 6.35. The quantitative estimate of drug-likeness (QED) is 0.149. The van der Waals surface area contributed by atoms with Gasteiger partial charge in [0.05, 0.1) is 0 Å². The van der Waals surface area contributed by atoms with Crippen molar-refractivity contribution in [3.05, 3.63) is 144 Å². The maximum absolute atomic E-state index is 2.47. The first-order chi connectivity index (χ1) is 20.9. The molecule has 0 amide bonds. The van der Waals surface area contributed by atoms with Gasteiger partial charge >= 0.3 is 0 Å². The second kappa shape index (κ2) is 8.55. The van der Waals surface area contributed by atoms with Crippen molar-refractivity contribution < 1.29 is 0 Å². The van der Waals surface area contributed by atoms with Crippen molar-refractivity contribution in [1.82, 2.24) is 0 Å². The van der Waals surface area contributed by atoms with Crippen LogP contribution in [0.5, 0.6) is 0 Å². The average Bonchev–Trinajstić information content (AvgIpc) is 3.25. The molecule has 0 atom stereocenters. The van der Waals surface area contributed by atoms with Gasteiger partial charge < -0.3 is 0 Å². The van der Waals surface area contributed by atoms with Crippen LogP contribution in [0, 0.1) is 13.8 Å². The molecule has 0 radical (unpaired) electrons. The number of hydrogen-bond acceptors (Lipinski definition) is 0. The van der Waals surface area contributed by atoms with Crippen LogP contribution in [0.25, 0.3) is 76.5 Å². The van der Waals surface area contributed by atoms with E-state index in [1.807, 2.05) is 0 Å². The van der Waals surface area contributed by atoms with E-state index in [1.54, 1.807) is 0 Å². The Morgan fingerprint density at radius 1 is 0.395 bits per heavy atom. The van der Waals surface area contributed by atoms with Gasteiger partial charge in [-0.1, -0.05) is 134 Å². The zero-order valence-electron chi connectivity index (χ0n) is 25.0. The number of aryl methyl sites for hydroxylation is 2. The van der Waals surface area contributed by atoms with Gasteiger partial charge in [-0.2, -0.15) is 0 Å². The third kappa shape index (κ3) is 3.38. The van der Waals surface area contributed by atoms with E-state index >= 15 is 0 Å². The fourth-order valence-corrected chi connectivity index (χ4v) is 8.10. The zero-order valence-corrected chi connectivity index (χ0v) is 25.0. The molecular weight excluding hydrogens is 516 g/mol. The molecule has 0 saturated heterocycles. The molecule has 0 N–H and O–H groups in total. The van der Waals surface area contributed by atoms with Crippen molar-refractivity contribution in [3.63, 3.8) is 0 Å². The summed E-state index contributed by atoms with van der Waals surface area (Å²) in [6.07, 6.45) is 0. The summed E-state index contributed by atoms with van der Waals surface area (Å²) < 4.78 is 0. The van der Waals surface area contributed by atoms with Gasteiger partial charge in [0.25, 0.3) is 0 Å². The predicted molar refractivity (Wildman–Crippen MR) is 186 cm³/mol. The fourth-order valence-electron chi connectivity index (χ4n) is 8.10. The van der Waals surface area contributed by atoms with Crippen LogP contribution in [-0.4, -0.2) is 0 Å². The minimum Gasteiger partial charge on any atom is -0.0616 e. The maximum Gasteiger partial charge on any atom is 0.0159 e. The molecule has 0 spiro atoms. The molecule has 0 saturated carbocycles. The molecule has 9 rings (SSSR count). The van der Waals surface area contributed by atoms with E-state index in [2.05, 4.69) is 149 Å². The summed E-state index contributed by atoms with van der Waals surface area (Å²) in [6, 6.07) is 46.1. The standard InChI is InChI=1S/C43H32/c1-25-20-26(2)22-30(21-25)28-13-15-34-35-16-14-29(24-40(35)43(3,4)39(34)23-28)31-18-19-38-33-10-6-5-9-32(33)36-11-7-8-27-12-17-37(31)42(38)41(27)36/h5-24H,1-4H3. The molecule has 1 aliphatic carbocycles. The first-order valence-electron chi connectivity index (χ1n) is 15.4. The topological polar surface area (TPSA) is 0 Å². The highest BCUT2D eigenvalue weighted by Crippen LogP contribution is 2.51. The van der Waals surface area contributed by atoms with Crippen molar-refractivity contribution in [1.29, 1.82) is 0 Å². The third-order valence-corrected chi connectivity index (χ3v) is 10.1. The Labute approximate surface area is 252 Å². The molecule has 0 heteroatoms. The monoisotopic (exact) mass is 548 g/mol. The second-order valence-corrected chi connectivity index (χ2v) is 13.1. The van der Waals surface area contributed by atoms with Crippen molar-refractivity contribution in [3.8, 4) is 33.4 Å². The zero-order chi connectivity index (χ0) is 29.0. The van der Waals surface area contributed by atoms with E-state index in [-0.39, 0.29) is 5.41 Å². The predicted octanol–water partition coefficient (Wildman–Crippen LogP) is 12.0. The van der Waals surface area contributed by atoms with E-state index in [1.165, 1.54) is 98.7 Å². The van der Waals surface area contributed by atoms with E-state index in [9.17, 15) is 0 Å². The maximum atomic E-state index is 2.47. The van der Waals surface area contributed by atoms with Crippen LogP contribution in [-0.2, 0) is 5.41 Å². The SMILES string of the molecule is Cc1cc(C)cc(-c2ccc3c(c2)C(C)(C)c2cc(-c4ccc5c6ccccc6c6cccc7ccc4c5c76)ccc2-3)c1. The van der Waals surface area contributed by atoms with Crippen molar-refractivity contribution >= 4 is 43.1 Å². The Balaban J connectivity index is 1.24. The molecule has 204 valence electrons. The van der Waals surface area contributed by atoms with Crippen LogP contribution >= 0.6 is 0 Å². The summed E-state index contributed by atoms with van der Waals surface area (Å²) in [6.45, 7) is 9.16. The van der Waals surface area contributed by atoms with Gasteiger partial charge in [-0.05, 0) is 114 Å². The lowest BCUT2D eigenvalue weighted by Crippen LogP contribution is -2.15. The highest BCUT2D eigenvalue weighted by atomic mass is 14.4. The molecule has 8 aromatic carbocycles. The van der Waals surface area contributed by atoms with Gasteiger partial charge in [0, 0.05) is 5.41 Å². The third-order valence-electron chi connectivity index (χ3n) is 10.1. The molecule has 1 aliphatic rings. The van der Waals surface area contributed by atoms with E-state index in [4.69, 9.17) is 0 Å². The average molecular weight is 549 g/mol. The van der Waals surface area contributed by atoms with Gasteiger partial charge in [0.2, 0.25) is 0 Å². The lowest BCUT2D eigenvalue weighted by Gasteiger charge is -2.23. The number of benzene rings is 8. The Hall–Kier alpha value is -4.94. The lowest BCUT2D eigenvalue weighted by atomic mass is 9.80. The van der Waals surface area contributed by atoms with E-state index in [0.29, 0.717) is 0 Å². The molecule has 0 bridgehead atoms. The summed E-state index contributed by atoms with van der Waals surface area (Å²) >= 11 is 0. The molecule has 0 heterocycles. The summed E-state index contributed by atoms with van der Waals surface area (Å²) in [7, 11) is 0. The second-order valence-electron chi connectivity index (χ2n) is 13.1. The molecule has 8 aromatic rings. The van der Waals surface area contributed by atoms with E-state index < -0.39 is 0 Å². The lowest BCUT2D eigenvalue weighted by molar-refractivity contribution is 0.661. The molecule has 0 aliphatic heterocycles. The molecule has 0 nitrogen and oxygen atoms in total. The van der Waals surface area contributed by atoms with Gasteiger partial charge in [0.15, 0.2) is 0 Å². The van der Waals surface area contributed by atoms with Crippen LogP contribution in [0.3, 0.4) is 0 Å². The minimum absolute atomic E-state index is 0.0878. The Morgan fingerprint density at radius 3 is 1.70 bits per heavy atom. The largest absolute Gasteiger partial charge is 0.0616 e. The Kier molecular flexibility index (Phi) is 4.90. The number of rotatable bonds is 2. The Morgan fingerprint density at radius 2 is 0.977 bits per heavy atom. The van der Waals surface area contributed by atoms with Gasteiger partial charge in [-0.15, -0.1) is 0 Å². The van der Waals surface area contributed by atoms with Gasteiger partial charge in [-0.25, -0.2) is 0 Å². The summed E-state index contributed by atoms with van der Waals surface area (Å²) in [5, 5.41) is 10.7. The van der Waals surface area contributed by atoms with Crippen molar-refractivity contribution in [2.45, 2.75) is 33.1 Å². The Bertz CT molecular complexity index is 2420. The fraction of sp³-hybridized carbons (Fsp3) is 0.116. The summed E-state index contributed by atoms with van der Waals surface area (Å²) in [5.74, 6) is 0. The molecule has 43 heavy (non-hydrogen) atoms. The van der Waals surface area contributed by atoms with E-state index in [0.717, 1.165) is 0 Å². The smallest absolute Gasteiger partial charge is 0.0159 e. The summed E-state index contributed by atoms with van der Waals surface area (Å²) in [4.78, 5) is 0. The van der Waals surface area contributed by atoms with Gasteiger partial charge in [-0.3, -0.25) is 0 Å². The molecule has 0 aromatic heterocycles. The first kappa shape index (κ1) is 24.6. The highest BCUT2D eigenvalue weighted by Gasteiger charge is 2.36.